The third kappa shape index (κ3) is 3.37. The molecule has 0 amide bonds. The molecule has 0 spiro atoms. The van der Waals surface area contributed by atoms with Crippen LogP contribution < -0.4 is 24.8 Å². The smallest absolute Gasteiger partial charge is 1.00 e. The van der Waals surface area contributed by atoms with Gasteiger partial charge in [-0.15, -0.1) is 0 Å². The molecule has 1 unspecified atom stereocenters. The average molecular weight is 526 g/mol. The van der Waals surface area contributed by atoms with E-state index in [2.05, 4.69) is 56.3 Å². The van der Waals surface area contributed by atoms with Crippen molar-refractivity contribution in [1.82, 2.24) is 0 Å². The monoisotopic (exact) mass is 526 g/mol. The summed E-state index contributed by atoms with van der Waals surface area (Å²) in [6.07, 6.45) is 13.8. The molecule has 0 radical (unpaired) electrons. The van der Waals surface area contributed by atoms with Gasteiger partial charge in [0.1, 0.15) is 0 Å². The summed E-state index contributed by atoms with van der Waals surface area (Å²) in [6, 6.07) is 9.34. The molecule has 0 aliphatic heterocycles. The molecule has 0 nitrogen and oxygen atoms in total. The fourth-order valence-electron chi connectivity index (χ4n) is 4.54. The molecule has 1 atom stereocenters. The van der Waals surface area contributed by atoms with Gasteiger partial charge in [-0.3, -0.25) is 0 Å². The van der Waals surface area contributed by atoms with Crippen LogP contribution >= 0.6 is 0 Å². The minimum atomic E-state index is -1.98. The second-order valence-corrected chi connectivity index (χ2v) is 17.9. The van der Waals surface area contributed by atoms with Gasteiger partial charge in [0.15, 0.2) is 0 Å². The van der Waals surface area contributed by atoms with Crippen LogP contribution in [0.3, 0.4) is 0 Å². The summed E-state index contributed by atoms with van der Waals surface area (Å²) in [4.78, 5) is 0. The second kappa shape index (κ2) is 8.43. The molecule has 0 fully saturated rings. The van der Waals surface area contributed by atoms with Crippen molar-refractivity contribution in [1.29, 1.82) is 0 Å². The number of hydrogen-bond donors (Lipinski definition) is 0. The largest absolute Gasteiger partial charge is 1.00 e. The Bertz CT molecular complexity index is 749. The maximum atomic E-state index is 2.46. The van der Waals surface area contributed by atoms with Crippen LogP contribution in [-0.4, -0.2) is 3.26 Å². The third-order valence-electron chi connectivity index (χ3n) is 5.40. The molecule has 3 heteroatoms. The normalized spacial score (nSPS) is 20.2. The molecular formula is C21H24Cl2Hf. The van der Waals surface area contributed by atoms with Gasteiger partial charge in [-0.05, 0) is 0 Å². The molecule has 0 saturated carbocycles. The van der Waals surface area contributed by atoms with Gasteiger partial charge in [0.05, 0.1) is 0 Å². The van der Waals surface area contributed by atoms with Crippen molar-refractivity contribution in [3.63, 3.8) is 0 Å². The zero-order chi connectivity index (χ0) is 15.1. The summed E-state index contributed by atoms with van der Waals surface area (Å²) >= 11 is -1.98. The van der Waals surface area contributed by atoms with E-state index in [9.17, 15) is 0 Å². The van der Waals surface area contributed by atoms with Crippen LogP contribution in [0.15, 0.2) is 51.4 Å². The molecule has 3 aliphatic rings. The molecule has 4 rings (SSSR count). The number of allylic oxidation sites excluding steroid dienone is 6. The molecule has 1 aromatic rings. The van der Waals surface area contributed by atoms with Gasteiger partial charge in [-0.25, -0.2) is 0 Å². The summed E-state index contributed by atoms with van der Waals surface area (Å²) in [5.41, 5.74) is 6.88. The minimum Gasteiger partial charge on any atom is -1.00 e. The molecule has 0 N–H and O–H groups in total. The van der Waals surface area contributed by atoms with E-state index >= 15 is 0 Å². The predicted octanol–water partition coefficient (Wildman–Crippen LogP) is -0.249. The number of hydrogen-bond acceptors (Lipinski definition) is 0. The van der Waals surface area contributed by atoms with Crippen LogP contribution in [0.4, 0.5) is 0 Å². The first-order chi connectivity index (χ1) is 10.8. The Hall–Kier alpha value is -0.240. The van der Waals surface area contributed by atoms with Crippen LogP contribution in [0.5, 0.6) is 0 Å². The summed E-state index contributed by atoms with van der Waals surface area (Å²) in [5, 5.41) is 0. The van der Waals surface area contributed by atoms with Crippen LogP contribution in [0, 0.1) is 0 Å². The molecule has 0 saturated heterocycles. The fraction of sp³-hybridized carbons (Fsp3) is 0.381. The van der Waals surface area contributed by atoms with Gasteiger partial charge >= 0.3 is 142 Å². The maximum Gasteiger partial charge on any atom is -1.00 e. The molecule has 3 aliphatic carbocycles. The summed E-state index contributed by atoms with van der Waals surface area (Å²) in [6.45, 7) is 4.84. The number of benzene rings is 1. The first-order valence-electron chi connectivity index (χ1n) is 8.62. The molecule has 0 bridgehead atoms. The maximum absolute atomic E-state index is 2.46. The molecule has 24 heavy (non-hydrogen) atoms. The molecular weight excluding hydrogens is 502 g/mol. The standard InChI is InChI=1S/C13H13.C5H5.C3H6.2ClH.Hf/c1-3-7-12-10(5-1)9-11-6-2-4-8-13(11)12;1-2-4-5-3-1;1-3-2;;;/h1,3,5,7,9H,2,4,6,8H2;1-3H,4H2;1-2H3;2*1H;/q;;;;;+2/p-2. The van der Waals surface area contributed by atoms with E-state index in [-0.39, 0.29) is 24.8 Å². The Morgan fingerprint density at radius 2 is 1.79 bits per heavy atom. The van der Waals surface area contributed by atoms with E-state index in [1.807, 2.05) is 8.90 Å². The van der Waals surface area contributed by atoms with Gasteiger partial charge in [-0.1, -0.05) is 0 Å². The first kappa shape index (κ1) is 20.1. The third-order valence-corrected chi connectivity index (χ3v) is 17.5. The quantitative estimate of drug-likeness (QED) is 0.468. The van der Waals surface area contributed by atoms with Crippen molar-refractivity contribution in [3.05, 3.63) is 62.5 Å². The summed E-state index contributed by atoms with van der Waals surface area (Å²) in [7, 11) is 0. The molecule has 1 aromatic carbocycles. The van der Waals surface area contributed by atoms with E-state index in [1.165, 1.54) is 32.1 Å². The van der Waals surface area contributed by atoms with Gasteiger partial charge in [0.25, 0.3) is 0 Å². The molecule has 0 heterocycles. The van der Waals surface area contributed by atoms with Crippen molar-refractivity contribution >= 4 is 8.83 Å². The van der Waals surface area contributed by atoms with E-state index in [0.717, 1.165) is 3.67 Å². The van der Waals surface area contributed by atoms with Crippen LogP contribution in [0.25, 0.3) is 5.57 Å². The first-order valence-corrected chi connectivity index (χ1v) is 14.3. The Morgan fingerprint density at radius 1 is 1.04 bits per heavy atom. The molecule has 0 aromatic heterocycles. The second-order valence-electron chi connectivity index (χ2n) is 6.97. The van der Waals surface area contributed by atoms with E-state index in [0.29, 0.717) is 0 Å². The van der Waals surface area contributed by atoms with Crippen molar-refractivity contribution in [2.75, 3.05) is 0 Å². The topological polar surface area (TPSA) is 0 Å². The Balaban J connectivity index is 0.00000104. The number of halogens is 2. The number of fused-ring (bicyclic) bond motifs is 2. The fourth-order valence-corrected chi connectivity index (χ4v) is 16.9. The summed E-state index contributed by atoms with van der Waals surface area (Å²) < 4.78 is 4.41. The Kier molecular flexibility index (Phi) is 7.05. The SMILES string of the molecule is C[C](C)=[Hf+2]([C]1=CC=CC1)[CH]1C2=C(CCCC2)c2ccccc21.[Cl-].[Cl-]. The molecule has 126 valence electrons. The predicted molar refractivity (Wildman–Crippen MR) is 92.8 cm³/mol. The van der Waals surface area contributed by atoms with Crippen LogP contribution in [0.1, 0.15) is 60.8 Å². The zero-order valence-electron chi connectivity index (χ0n) is 14.4. The van der Waals surface area contributed by atoms with Crippen molar-refractivity contribution in [2.45, 2.75) is 49.6 Å². The van der Waals surface area contributed by atoms with E-state index < -0.39 is 21.0 Å². The van der Waals surface area contributed by atoms with Crippen molar-refractivity contribution in [3.8, 4) is 0 Å². The summed E-state index contributed by atoms with van der Waals surface area (Å²) in [5.74, 6) is 0. The van der Waals surface area contributed by atoms with Crippen molar-refractivity contribution in [2.24, 2.45) is 0 Å². The van der Waals surface area contributed by atoms with Gasteiger partial charge in [0, 0.05) is 0 Å². The van der Waals surface area contributed by atoms with Crippen LogP contribution in [-0.2, 0) is 21.0 Å². The van der Waals surface area contributed by atoms with Crippen molar-refractivity contribution < 1.29 is 45.8 Å². The van der Waals surface area contributed by atoms with Gasteiger partial charge in [0.2, 0.25) is 0 Å². The Morgan fingerprint density at radius 3 is 2.50 bits per heavy atom. The minimum absolute atomic E-state index is 0. The zero-order valence-corrected chi connectivity index (χ0v) is 19.5. The van der Waals surface area contributed by atoms with Gasteiger partial charge < -0.3 is 24.8 Å². The van der Waals surface area contributed by atoms with E-state index in [1.54, 1.807) is 20.0 Å². The van der Waals surface area contributed by atoms with E-state index in [4.69, 9.17) is 0 Å². The van der Waals surface area contributed by atoms with Crippen LogP contribution in [0.2, 0.25) is 0 Å². The Labute approximate surface area is 165 Å². The number of rotatable bonds is 2. The average Bonchev–Trinajstić information content (AvgIpc) is 3.16. The van der Waals surface area contributed by atoms with Gasteiger partial charge in [-0.2, -0.15) is 0 Å².